The molecule has 0 fully saturated rings. The summed E-state index contributed by atoms with van der Waals surface area (Å²) in [4.78, 5) is 9.06. The zero-order valence-electron chi connectivity index (χ0n) is 11.2. The van der Waals surface area contributed by atoms with E-state index in [9.17, 15) is 0 Å². The van der Waals surface area contributed by atoms with Crippen LogP contribution in [-0.4, -0.2) is 19.7 Å². The van der Waals surface area contributed by atoms with Gasteiger partial charge in [0.25, 0.3) is 0 Å². The molecular weight excluding hydrogens is 212 g/mol. The summed E-state index contributed by atoms with van der Waals surface area (Å²) < 4.78 is 1.95. The van der Waals surface area contributed by atoms with Crippen LogP contribution in [0.4, 0.5) is 0 Å². The number of hydrogen-bond donors (Lipinski definition) is 0. The summed E-state index contributed by atoms with van der Waals surface area (Å²) in [7, 11) is 0. The third-order valence-electron chi connectivity index (χ3n) is 2.58. The highest BCUT2D eigenvalue weighted by Crippen LogP contribution is 2.20. The van der Waals surface area contributed by atoms with Crippen molar-refractivity contribution in [2.45, 2.75) is 47.1 Å². The van der Waals surface area contributed by atoms with Gasteiger partial charge in [-0.3, -0.25) is 0 Å². The molecule has 0 spiro atoms. The van der Waals surface area contributed by atoms with Gasteiger partial charge >= 0.3 is 0 Å². The van der Waals surface area contributed by atoms with E-state index in [1.165, 1.54) is 0 Å². The fourth-order valence-corrected chi connectivity index (χ4v) is 1.71. The smallest absolute Gasteiger partial charge is 0.177 e. The van der Waals surface area contributed by atoms with Crippen molar-refractivity contribution >= 4 is 11.2 Å². The highest BCUT2D eigenvalue weighted by atomic mass is 15.3. The van der Waals surface area contributed by atoms with Gasteiger partial charge in [0.15, 0.2) is 5.65 Å². The maximum atomic E-state index is 4.66. The van der Waals surface area contributed by atoms with E-state index in [1.54, 1.807) is 6.20 Å². The van der Waals surface area contributed by atoms with Crippen molar-refractivity contribution < 1.29 is 0 Å². The minimum atomic E-state index is 0.189. The molecule has 4 heteroatoms. The van der Waals surface area contributed by atoms with Crippen LogP contribution in [0.25, 0.3) is 11.2 Å². The zero-order chi connectivity index (χ0) is 12.6. The maximum Gasteiger partial charge on any atom is 0.177 e. The van der Waals surface area contributed by atoms with Gasteiger partial charge in [-0.25, -0.2) is 14.6 Å². The molecular formula is C13H20N4. The summed E-state index contributed by atoms with van der Waals surface area (Å²) in [5, 5.41) is 4.37. The summed E-state index contributed by atoms with van der Waals surface area (Å²) in [6, 6.07) is 0. The first kappa shape index (κ1) is 12.0. The third-order valence-corrected chi connectivity index (χ3v) is 2.58. The predicted molar refractivity (Wildman–Crippen MR) is 68.9 cm³/mol. The van der Waals surface area contributed by atoms with Crippen LogP contribution in [0, 0.1) is 5.41 Å². The fraction of sp³-hybridized carbons (Fsp3) is 0.615. The molecule has 17 heavy (non-hydrogen) atoms. The normalized spacial score (nSPS) is 12.6. The fourth-order valence-electron chi connectivity index (χ4n) is 1.71. The molecule has 2 heterocycles. The van der Waals surface area contributed by atoms with E-state index in [4.69, 9.17) is 0 Å². The summed E-state index contributed by atoms with van der Waals surface area (Å²) in [5.74, 6) is 0.393. The molecule has 2 aromatic heterocycles. The number of rotatable bonds is 2. The SMILES string of the molecule is CC(C)c1cnc2cnn(CC(C)(C)C)c2n1. The first-order valence-electron chi connectivity index (χ1n) is 6.05. The number of fused-ring (bicyclic) bond motifs is 1. The van der Waals surface area contributed by atoms with Crippen LogP contribution in [0.15, 0.2) is 12.4 Å². The van der Waals surface area contributed by atoms with Gasteiger partial charge in [0, 0.05) is 12.7 Å². The van der Waals surface area contributed by atoms with Gasteiger partial charge in [-0.2, -0.15) is 5.10 Å². The van der Waals surface area contributed by atoms with E-state index in [0.29, 0.717) is 5.92 Å². The van der Waals surface area contributed by atoms with Crippen molar-refractivity contribution in [2.24, 2.45) is 5.41 Å². The number of aromatic nitrogens is 4. The number of nitrogens with zero attached hydrogens (tertiary/aromatic N) is 4. The second-order valence-electron chi connectivity index (χ2n) is 6.02. The Hall–Kier alpha value is -1.45. The standard InChI is InChI=1S/C13H20N4/c1-9(2)10-6-14-11-7-15-17(12(11)16-10)8-13(3,4)5/h6-7,9H,8H2,1-5H3. The summed E-state index contributed by atoms with van der Waals surface area (Å²) >= 11 is 0. The summed E-state index contributed by atoms with van der Waals surface area (Å²) in [5.41, 5.74) is 2.98. The Labute approximate surface area is 102 Å². The lowest BCUT2D eigenvalue weighted by atomic mass is 9.97. The molecule has 0 aromatic carbocycles. The Morgan fingerprint density at radius 1 is 1.24 bits per heavy atom. The quantitative estimate of drug-likeness (QED) is 0.799. The van der Waals surface area contributed by atoms with Crippen molar-refractivity contribution in [2.75, 3.05) is 0 Å². The minimum Gasteiger partial charge on any atom is -0.249 e. The highest BCUT2D eigenvalue weighted by molar-refractivity contribution is 5.69. The predicted octanol–water partition coefficient (Wildman–Crippen LogP) is 3.00. The molecule has 0 aliphatic heterocycles. The molecule has 92 valence electrons. The third kappa shape index (κ3) is 2.62. The van der Waals surface area contributed by atoms with Crippen LogP contribution in [-0.2, 0) is 6.54 Å². The van der Waals surface area contributed by atoms with Crippen molar-refractivity contribution in [3.63, 3.8) is 0 Å². The van der Waals surface area contributed by atoms with Crippen molar-refractivity contribution in [1.82, 2.24) is 19.7 Å². The topological polar surface area (TPSA) is 43.6 Å². The van der Waals surface area contributed by atoms with Gasteiger partial charge in [-0.05, 0) is 11.3 Å². The Morgan fingerprint density at radius 2 is 1.94 bits per heavy atom. The Bertz CT molecular complexity index is 520. The van der Waals surface area contributed by atoms with Crippen LogP contribution in [0.5, 0.6) is 0 Å². The van der Waals surface area contributed by atoms with E-state index in [-0.39, 0.29) is 5.41 Å². The van der Waals surface area contributed by atoms with Crippen molar-refractivity contribution in [1.29, 1.82) is 0 Å². The molecule has 0 aliphatic carbocycles. The van der Waals surface area contributed by atoms with Gasteiger partial charge in [0.2, 0.25) is 0 Å². The van der Waals surface area contributed by atoms with Gasteiger partial charge < -0.3 is 0 Å². The molecule has 4 nitrogen and oxygen atoms in total. The second kappa shape index (κ2) is 4.09. The monoisotopic (exact) mass is 232 g/mol. The number of hydrogen-bond acceptors (Lipinski definition) is 3. The first-order valence-corrected chi connectivity index (χ1v) is 6.05. The molecule has 0 atom stereocenters. The molecule has 0 aliphatic rings. The van der Waals surface area contributed by atoms with E-state index >= 15 is 0 Å². The van der Waals surface area contributed by atoms with E-state index in [2.05, 4.69) is 49.7 Å². The minimum absolute atomic E-state index is 0.189. The van der Waals surface area contributed by atoms with Gasteiger partial charge in [-0.1, -0.05) is 34.6 Å². The van der Waals surface area contributed by atoms with E-state index in [1.807, 2.05) is 10.9 Å². The van der Waals surface area contributed by atoms with E-state index in [0.717, 1.165) is 23.4 Å². The molecule has 0 bridgehead atoms. The zero-order valence-corrected chi connectivity index (χ0v) is 11.2. The summed E-state index contributed by atoms with van der Waals surface area (Å²) in [6.45, 7) is 11.7. The Morgan fingerprint density at radius 3 is 2.53 bits per heavy atom. The van der Waals surface area contributed by atoms with Crippen molar-refractivity contribution in [3.8, 4) is 0 Å². The molecule has 2 aromatic rings. The van der Waals surface area contributed by atoms with Crippen LogP contribution in [0.2, 0.25) is 0 Å². The molecule has 0 amide bonds. The van der Waals surface area contributed by atoms with Crippen LogP contribution < -0.4 is 0 Å². The average molecular weight is 232 g/mol. The lowest BCUT2D eigenvalue weighted by molar-refractivity contribution is 0.330. The molecule has 2 rings (SSSR count). The van der Waals surface area contributed by atoms with Gasteiger partial charge in [-0.15, -0.1) is 0 Å². The Kier molecular flexibility index (Phi) is 2.89. The largest absolute Gasteiger partial charge is 0.249 e. The molecule has 0 N–H and O–H groups in total. The second-order valence-corrected chi connectivity index (χ2v) is 6.02. The van der Waals surface area contributed by atoms with Gasteiger partial charge in [0.05, 0.1) is 11.9 Å². The average Bonchev–Trinajstić information content (AvgIpc) is 2.58. The molecule has 0 unspecified atom stereocenters. The van der Waals surface area contributed by atoms with Crippen LogP contribution in [0.3, 0.4) is 0 Å². The van der Waals surface area contributed by atoms with Crippen molar-refractivity contribution in [3.05, 3.63) is 18.1 Å². The molecule has 0 saturated heterocycles. The lowest BCUT2D eigenvalue weighted by Gasteiger charge is -2.18. The van der Waals surface area contributed by atoms with Crippen LogP contribution in [0.1, 0.15) is 46.2 Å². The van der Waals surface area contributed by atoms with Crippen LogP contribution >= 0.6 is 0 Å². The molecule has 0 radical (unpaired) electrons. The summed E-state index contributed by atoms with van der Waals surface area (Å²) in [6.07, 6.45) is 3.63. The Balaban J connectivity index is 2.47. The highest BCUT2D eigenvalue weighted by Gasteiger charge is 2.15. The lowest BCUT2D eigenvalue weighted by Crippen LogP contribution is -2.17. The molecule has 0 saturated carbocycles. The first-order chi connectivity index (χ1) is 7.87. The maximum absolute atomic E-state index is 4.66. The van der Waals surface area contributed by atoms with Gasteiger partial charge in [0.1, 0.15) is 5.52 Å². The van der Waals surface area contributed by atoms with E-state index < -0.39 is 0 Å².